The zero-order valence-electron chi connectivity index (χ0n) is 20.7. The van der Waals surface area contributed by atoms with Gasteiger partial charge >= 0.3 is 6.03 Å². The molecule has 0 bridgehead atoms. The van der Waals surface area contributed by atoms with E-state index in [1.165, 1.54) is 21.0 Å². The van der Waals surface area contributed by atoms with E-state index in [0.29, 0.717) is 36.3 Å². The summed E-state index contributed by atoms with van der Waals surface area (Å²) in [4.78, 5) is 17.0. The van der Waals surface area contributed by atoms with Gasteiger partial charge in [0.05, 0.1) is 6.04 Å². The topological polar surface area (TPSA) is 67.8 Å². The Hall–Kier alpha value is -2.97. The number of fused-ring (bicyclic) bond motifs is 2. The molecule has 186 valence electrons. The van der Waals surface area contributed by atoms with E-state index in [9.17, 15) is 4.79 Å². The highest BCUT2D eigenvalue weighted by Crippen LogP contribution is 2.41. The average molecular weight is 495 g/mol. The van der Waals surface area contributed by atoms with Gasteiger partial charge < -0.3 is 29.6 Å². The third kappa shape index (κ3) is 5.33. The number of carbonyl (C=O) groups is 1. The number of likely N-dealkylation sites (N-methyl/N-ethyl adjacent to an activating group) is 1. The number of hydrogen-bond donors (Lipinski definition) is 2. The first kappa shape index (κ1) is 23.8. The van der Waals surface area contributed by atoms with E-state index in [2.05, 4.69) is 65.5 Å². The highest BCUT2D eigenvalue weighted by molar-refractivity contribution is 7.15. The van der Waals surface area contributed by atoms with Crippen LogP contribution < -0.4 is 20.1 Å². The Balaban J connectivity index is 1.43. The molecule has 0 unspecified atom stereocenters. The molecule has 5 rings (SSSR count). The van der Waals surface area contributed by atoms with Crippen LogP contribution >= 0.6 is 11.3 Å². The van der Waals surface area contributed by atoms with E-state index in [-0.39, 0.29) is 12.1 Å². The van der Waals surface area contributed by atoms with Crippen molar-refractivity contribution >= 4 is 23.1 Å². The van der Waals surface area contributed by atoms with Crippen LogP contribution in [0.5, 0.6) is 11.5 Å². The van der Waals surface area contributed by atoms with Crippen LogP contribution in [0.4, 0.5) is 10.5 Å². The van der Waals surface area contributed by atoms with Gasteiger partial charge in [0.2, 0.25) is 0 Å². The number of anilines is 1. The predicted octanol–water partition coefficient (Wildman–Crippen LogP) is 5.60. The summed E-state index contributed by atoms with van der Waals surface area (Å²) in [5.41, 5.74) is 3.37. The fraction of sp³-hybridized carbons (Fsp3) is 0.444. The molecule has 2 aliphatic heterocycles. The van der Waals surface area contributed by atoms with E-state index in [0.717, 1.165) is 32.4 Å². The molecule has 0 saturated carbocycles. The molecule has 2 amide bonds. The first-order valence-corrected chi connectivity index (χ1v) is 13.2. The van der Waals surface area contributed by atoms with Crippen LogP contribution in [0.15, 0.2) is 42.7 Å². The van der Waals surface area contributed by atoms with E-state index in [1.54, 1.807) is 0 Å². The zero-order chi connectivity index (χ0) is 24.4. The Bertz CT molecular complexity index is 1170. The Kier molecular flexibility index (Phi) is 7.02. The maximum absolute atomic E-state index is 13.2. The average Bonchev–Trinajstić information content (AvgIpc) is 3.49. The Morgan fingerprint density at radius 3 is 2.66 bits per heavy atom. The molecule has 2 aromatic heterocycles. The molecule has 1 aromatic carbocycles. The van der Waals surface area contributed by atoms with Gasteiger partial charge in [0.15, 0.2) is 11.5 Å². The molecule has 0 radical (unpaired) electrons. The highest BCUT2D eigenvalue weighted by atomic mass is 32.1. The van der Waals surface area contributed by atoms with Crippen molar-refractivity contribution < 1.29 is 14.3 Å². The molecule has 2 aliphatic rings. The number of benzene rings is 1. The van der Waals surface area contributed by atoms with Crippen LogP contribution in [0.1, 0.15) is 48.7 Å². The zero-order valence-corrected chi connectivity index (χ0v) is 21.5. The van der Waals surface area contributed by atoms with Crippen LogP contribution in [0.25, 0.3) is 5.00 Å². The van der Waals surface area contributed by atoms with Crippen LogP contribution in [0.3, 0.4) is 0 Å². The molecule has 3 aromatic rings. The van der Waals surface area contributed by atoms with Crippen molar-refractivity contribution in [1.82, 2.24) is 14.8 Å². The first-order valence-electron chi connectivity index (χ1n) is 12.4. The summed E-state index contributed by atoms with van der Waals surface area (Å²) in [7, 11) is 2.17. The summed E-state index contributed by atoms with van der Waals surface area (Å²) in [6, 6.07) is 9.35. The van der Waals surface area contributed by atoms with E-state index in [1.807, 2.05) is 29.5 Å². The molecule has 0 spiro atoms. The van der Waals surface area contributed by atoms with Gasteiger partial charge in [-0.3, -0.25) is 0 Å². The molecule has 0 aliphatic carbocycles. The first-order chi connectivity index (χ1) is 17.0. The second kappa shape index (κ2) is 10.3. The number of hydrogen-bond acceptors (Lipinski definition) is 5. The van der Waals surface area contributed by atoms with E-state index >= 15 is 0 Å². The Morgan fingerprint density at radius 1 is 1.11 bits per heavy atom. The summed E-state index contributed by atoms with van der Waals surface area (Å²) in [5, 5.41) is 7.55. The minimum atomic E-state index is -0.207. The largest absolute Gasteiger partial charge is 0.486 e. The SMILES string of the molecule is CC(C)CC[C@@H](NC(=O)Nc1ccc2c(c1)OCCO2)c1c(-n2cccc2)sc2c1CCN(C)C2. The lowest BCUT2D eigenvalue weighted by atomic mass is 9.92. The number of nitrogens with one attached hydrogen (secondary N) is 2. The Morgan fingerprint density at radius 2 is 1.89 bits per heavy atom. The number of rotatable bonds is 7. The lowest BCUT2D eigenvalue weighted by Crippen LogP contribution is -2.34. The Labute approximate surface area is 211 Å². The molecular formula is C27H34N4O3S. The normalized spacial score (nSPS) is 16.1. The molecule has 8 heteroatoms. The minimum absolute atomic E-state index is 0.0737. The second-order valence-corrected chi connectivity index (χ2v) is 10.9. The monoisotopic (exact) mass is 494 g/mol. The summed E-state index contributed by atoms with van der Waals surface area (Å²) in [6.07, 6.45) is 7.12. The molecule has 0 fully saturated rings. The van der Waals surface area contributed by atoms with E-state index < -0.39 is 0 Å². The number of nitrogens with zero attached hydrogens (tertiary/aromatic N) is 2. The molecule has 2 N–H and O–H groups in total. The lowest BCUT2D eigenvalue weighted by Gasteiger charge is -2.26. The molecular weight excluding hydrogens is 460 g/mol. The van der Waals surface area contributed by atoms with Crippen molar-refractivity contribution in [3.05, 3.63) is 58.7 Å². The van der Waals surface area contributed by atoms with Gasteiger partial charge in [0.25, 0.3) is 0 Å². The number of carbonyl (C=O) groups excluding carboxylic acids is 1. The number of thiophene rings is 1. The quantitative estimate of drug-likeness (QED) is 0.449. The summed E-state index contributed by atoms with van der Waals surface area (Å²) in [6.45, 7) is 7.51. The van der Waals surface area contributed by atoms with Gasteiger partial charge in [0.1, 0.15) is 18.2 Å². The maximum atomic E-state index is 13.2. The fourth-order valence-corrected chi connectivity index (χ4v) is 6.25. The van der Waals surface area contributed by atoms with Gasteiger partial charge in [-0.15, -0.1) is 11.3 Å². The van der Waals surface area contributed by atoms with Crippen molar-refractivity contribution in [2.24, 2.45) is 5.92 Å². The van der Waals surface area contributed by atoms with Crippen molar-refractivity contribution in [3.63, 3.8) is 0 Å². The van der Waals surface area contributed by atoms with Crippen molar-refractivity contribution in [2.75, 3.05) is 32.1 Å². The summed E-state index contributed by atoms with van der Waals surface area (Å²) in [5.74, 6) is 1.93. The highest BCUT2D eigenvalue weighted by Gasteiger charge is 2.29. The smallest absolute Gasteiger partial charge is 0.319 e. The number of urea groups is 1. The number of ether oxygens (including phenoxy) is 2. The van der Waals surface area contributed by atoms with Crippen LogP contribution in [-0.2, 0) is 13.0 Å². The van der Waals surface area contributed by atoms with Gasteiger partial charge in [-0.1, -0.05) is 13.8 Å². The number of aromatic nitrogens is 1. The molecule has 35 heavy (non-hydrogen) atoms. The van der Waals surface area contributed by atoms with Gasteiger partial charge in [-0.2, -0.15) is 0 Å². The fourth-order valence-electron chi connectivity index (χ4n) is 4.80. The third-order valence-electron chi connectivity index (χ3n) is 6.59. The molecule has 1 atom stereocenters. The van der Waals surface area contributed by atoms with Gasteiger partial charge in [0, 0.05) is 47.7 Å². The standard InChI is InChI=1S/C27H34N4O3S/c1-18(2)6-8-21(29-27(32)28-19-7-9-22-23(16-19)34-15-14-33-22)25-20-10-13-30(3)17-24(20)35-26(25)31-11-4-5-12-31/h4-5,7,9,11-12,16,18,21H,6,8,10,13-15,17H2,1-3H3,(H2,28,29,32)/t21-/m1/s1. The van der Waals surface area contributed by atoms with E-state index in [4.69, 9.17) is 9.47 Å². The van der Waals surface area contributed by atoms with Crippen molar-refractivity contribution in [3.8, 4) is 16.5 Å². The second-order valence-electron chi connectivity index (χ2n) is 9.78. The summed E-state index contributed by atoms with van der Waals surface area (Å²) >= 11 is 1.85. The predicted molar refractivity (Wildman–Crippen MR) is 140 cm³/mol. The maximum Gasteiger partial charge on any atom is 0.319 e. The van der Waals surface area contributed by atoms with Crippen LogP contribution in [-0.4, -0.2) is 42.3 Å². The molecule has 7 nitrogen and oxygen atoms in total. The molecule has 0 saturated heterocycles. The number of amides is 2. The summed E-state index contributed by atoms with van der Waals surface area (Å²) < 4.78 is 13.5. The van der Waals surface area contributed by atoms with Gasteiger partial charge in [-0.05, 0) is 62.1 Å². The molecule has 4 heterocycles. The third-order valence-corrected chi connectivity index (χ3v) is 7.84. The van der Waals surface area contributed by atoms with Crippen LogP contribution in [0.2, 0.25) is 0 Å². The van der Waals surface area contributed by atoms with Crippen LogP contribution in [0, 0.1) is 5.92 Å². The lowest BCUT2D eigenvalue weighted by molar-refractivity contribution is 0.171. The minimum Gasteiger partial charge on any atom is -0.486 e. The van der Waals surface area contributed by atoms with Crippen molar-refractivity contribution in [2.45, 2.75) is 45.7 Å². The van der Waals surface area contributed by atoms with Gasteiger partial charge in [-0.25, -0.2) is 4.79 Å². The van der Waals surface area contributed by atoms with Crippen molar-refractivity contribution in [1.29, 1.82) is 0 Å².